The minimum absolute atomic E-state index is 0.0812. The van der Waals surface area contributed by atoms with E-state index in [-0.39, 0.29) is 11.4 Å². The van der Waals surface area contributed by atoms with Gasteiger partial charge in [-0.1, -0.05) is 27.7 Å². The van der Waals surface area contributed by atoms with Gasteiger partial charge in [0.1, 0.15) is 5.84 Å². The standard InChI is InChI=1S/C14H10BrF3N2S/c15-9-2-4-10(5-3-9)21-12-6-1-8(14(16,17)18)7-11(12)13(19)20/h1-7H,(H3,19,20). The van der Waals surface area contributed by atoms with Crippen LogP contribution < -0.4 is 5.73 Å². The quantitative estimate of drug-likeness (QED) is 0.592. The third-order valence-electron chi connectivity index (χ3n) is 2.64. The van der Waals surface area contributed by atoms with Crippen molar-refractivity contribution in [3.63, 3.8) is 0 Å². The molecule has 0 heterocycles. The lowest BCUT2D eigenvalue weighted by molar-refractivity contribution is -0.137. The van der Waals surface area contributed by atoms with Crippen molar-refractivity contribution >= 4 is 33.5 Å². The molecule has 0 atom stereocenters. The van der Waals surface area contributed by atoms with E-state index in [1.54, 1.807) is 0 Å². The van der Waals surface area contributed by atoms with Crippen LogP contribution in [0.25, 0.3) is 0 Å². The summed E-state index contributed by atoms with van der Waals surface area (Å²) in [4.78, 5) is 1.36. The van der Waals surface area contributed by atoms with Gasteiger partial charge in [0.05, 0.1) is 5.56 Å². The first kappa shape index (κ1) is 15.9. The molecule has 0 saturated carbocycles. The molecular weight excluding hydrogens is 365 g/mol. The predicted octanol–water partition coefficient (Wildman–Crippen LogP) is 4.90. The molecule has 0 spiro atoms. The second kappa shape index (κ2) is 6.11. The first-order chi connectivity index (χ1) is 9.77. The molecule has 21 heavy (non-hydrogen) atoms. The Morgan fingerprint density at radius 3 is 2.24 bits per heavy atom. The summed E-state index contributed by atoms with van der Waals surface area (Å²) in [5.41, 5.74) is 4.67. The molecule has 0 radical (unpaired) electrons. The van der Waals surface area contributed by atoms with Crippen molar-refractivity contribution in [2.75, 3.05) is 0 Å². The number of benzene rings is 2. The fourth-order valence-electron chi connectivity index (χ4n) is 1.64. The van der Waals surface area contributed by atoms with Gasteiger partial charge in [-0.15, -0.1) is 0 Å². The van der Waals surface area contributed by atoms with E-state index in [1.807, 2.05) is 24.3 Å². The van der Waals surface area contributed by atoms with Crippen molar-refractivity contribution in [3.05, 3.63) is 58.1 Å². The highest BCUT2D eigenvalue weighted by Crippen LogP contribution is 2.35. The third-order valence-corrected chi connectivity index (χ3v) is 4.25. The van der Waals surface area contributed by atoms with Crippen LogP contribution in [-0.2, 0) is 6.18 Å². The maximum atomic E-state index is 12.7. The number of amidine groups is 1. The fraction of sp³-hybridized carbons (Fsp3) is 0.0714. The number of nitrogens with one attached hydrogen (secondary N) is 1. The van der Waals surface area contributed by atoms with Crippen LogP contribution in [0, 0.1) is 5.41 Å². The molecule has 0 saturated heterocycles. The molecule has 7 heteroatoms. The summed E-state index contributed by atoms with van der Waals surface area (Å²) >= 11 is 4.57. The van der Waals surface area contributed by atoms with Crippen molar-refractivity contribution in [1.29, 1.82) is 5.41 Å². The summed E-state index contributed by atoms with van der Waals surface area (Å²) in [6.07, 6.45) is -4.45. The third kappa shape index (κ3) is 4.01. The minimum atomic E-state index is -4.45. The first-order valence-corrected chi connectivity index (χ1v) is 7.37. The Labute approximate surface area is 132 Å². The number of alkyl halides is 3. The van der Waals surface area contributed by atoms with Gasteiger partial charge in [0.25, 0.3) is 0 Å². The summed E-state index contributed by atoms with van der Waals surface area (Å²) in [6.45, 7) is 0. The predicted molar refractivity (Wildman–Crippen MR) is 80.7 cm³/mol. The van der Waals surface area contributed by atoms with Crippen molar-refractivity contribution in [1.82, 2.24) is 0 Å². The van der Waals surface area contributed by atoms with E-state index >= 15 is 0 Å². The van der Waals surface area contributed by atoms with Crippen molar-refractivity contribution in [2.45, 2.75) is 16.0 Å². The number of rotatable bonds is 3. The van der Waals surface area contributed by atoms with Crippen LogP contribution in [0.5, 0.6) is 0 Å². The van der Waals surface area contributed by atoms with Crippen LogP contribution in [0.15, 0.2) is 56.7 Å². The van der Waals surface area contributed by atoms with E-state index in [2.05, 4.69) is 15.9 Å². The van der Waals surface area contributed by atoms with Gasteiger partial charge in [0.15, 0.2) is 0 Å². The van der Waals surface area contributed by atoms with Crippen molar-refractivity contribution < 1.29 is 13.2 Å². The van der Waals surface area contributed by atoms with Gasteiger partial charge in [0.2, 0.25) is 0 Å². The second-order valence-corrected chi connectivity index (χ2v) is 6.21. The molecule has 0 amide bonds. The zero-order chi connectivity index (χ0) is 15.6. The molecule has 0 fully saturated rings. The van der Waals surface area contributed by atoms with Crippen LogP contribution in [-0.4, -0.2) is 5.84 Å². The van der Waals surface area contributed by atoms with Gasteiger partial charge in [-0.05, 0) is 42.5 Å². The molecule has 0 aliphatic heterocycles. The lowest BCUT2D eigenvalue weighted by Gasteiger charge is -2.12. The van der Waals surface area contributed by atoms with Gasteiger partial charge in [-0.2, -0.15) is 13.2 Å². The highest BCUT2D eigenvalue weighted by molar-refractivity contribution is 9.10. The minimum Gasteiger partial charge on any atom is -0.384 e. The van der Waals surface area contributed by atoms with Crippen LogP contribution in [0.3, 0.4) is 0 Å². The Morgan fingerprint density at radius 1 is 1.10 bits per heavy atom. The number of hydrogen-bond donors (Lipinski definition) is 2. The number of nitrogen functional groups attached to an aromatic ring is 1. The molecule has 2 aromatic rings. The molecule has 2 rings (SSSR count). The van der Waals surface area contributed by atoms with Gasteiger partial charge in [-0.3, -0.25) is 5.41 Å². The number of nitrogens with two attached hydrogens (primary N) is 1. The summed E-state index contributed by atoms with van der Waals surface area (Å²) in [7, 11) is 0. The average molecular weight is 375 g/mol. The molecule has 110 valence electrons. The molecule has 2 aromatic carbocycles. The van der Waals surface area contributed by atoms with E-state index in [0.29, 0.717) is 4.90 Å². The van der Waals surface area contributed by atoms with Crippen LogP contribution in [0.1, 0.15) is 11.1 Å². The highest BCUT2D eigenvalue weighted by Gasteiger charge is 2.31. The zero-order valence-corrected chi connectivity index (χ0v) is 12.9. The van der Waals surface area contributed by atoms with Crippen LogP contribution in [0.2, 0.25) is 0 Å². The smallest absolute Gasteiger partial charge is 0.384 e. The Morgan fingerprint density at radius 2 is 1.71 bits per heavy atom. The Balaban J connectivity index is 2.39. The maximum Gasteiger partial charge on any atom is 0.416 e. The van der Waals surface area contributed by atoms with Crippen LogP contribution in [0.4, 0.5) is 13.2 Å². The molecule has 0 aliphatic carbocycles. The van der Waals surface area contributed by atoms with E-state index in [1.165, 1.54) is 17.8 Å². The first-order valence-electron chi connectivity index (χ1n) is 5.76. The number of halogens is 4. The number of hydrogen-bond acceptors (Lipinski definition) is 2. The van der Waals surface area contributed by atoms with E-state index < -0.39 is 11.7 Å². The van der Waals surface area contributed by atoms with Crippen molar-refractivity contribution in [2.24, 2.45) is 5.73 Å². The van der Waals surface area contributed by atoms with Gasteiger partial charge >= 0.3 is 6.18 Å². The SMILES string of the molecule is N=C(N)c1cc(C(F)(F)F)ccc1Sc1ccc(Br)cc1. The molecule has 0 aliphatic rings. The molecule has 0 bridgehead atoms. The largest absolute Gasteiger partial charge is 0.416 e. The summed E-state index contributed by atoms with van der Waals surface area (Å²) in [6, 6.07) is 10.6. The molecule has 3 N–H and O–H groups in total. The van der Waals surface area contributed by atoms with E-state index in [4.69, 9.17) is 11.1 Å². The monoisotopic (exact) mass is 374 g/mol. The topological polar surface area (TPSA) is 49.9 Å². The summed E-state index contributed by atoms with van der Waals surface area (Å²) in [5, 5.41) is 7.47. The van der Waals surface area contributed by atoms with Crippen LogP contribution >= 0.6 is 27.7 Å². The lowest BCUT2D eigenvalue weighted by atomic mass is 10.1. The maximum absolute atomic E-state index is 12.7. The normalized spacial score (nSPS) is 11.4. The molecular formula is C14H10BrF3N2S. The summed E-state index contributed by atoms with van der Waals surface area (Å²) in [5.74, 6) is -0.388. The highest BCUT2D eigenvalue weighted by atomic mass is 79.9. The Bertz CT molecular complexity index is 669. The average Bonchev–Trinajstić information content (AvgIpc) is 2.40. The Hall–Kier alpha value is -1.47. The van der Waals surface area contributed by atoms with Crippen molar-refractivity contribution in [3.8, 4) is 0 Å². The van der Waals surface area contributed by atoms with Gasteiger partial charge in [-0.25, -0.2) is 0 Å². The fourth-order valence-corrected chi connectivity index (χ4v) is 2.84. The molecule has 2 nitrogen and oxygen atoms in total. The summed E-state index contributed by atoms with van der Waals surface area (Å²) < 4.78 is 39.0. The van der Waals surface area contributed by atoms with Gasteiger partial charge in [0, 0.05) is 19.8 Å². The molecule has 0 unspecified atom stereocenters. The zero-order valence-electron chi connectivity index (χ0n) is 10.5. The second-order valence-electron chi connectivity index (χ2n) is 4.18. The van der Waals surface area contributed by atoms with E-state index in [0.717, 1.165) is 21.5 Å². The van der Waals surface area contributed by atoms with Gasteiger partial charge < -0.3 is 5.73 Å². The lowest BCUT2D eigenvalue weighted by Crippen LogP contribution is -2.14. The Kier molecular flexibility index (Phi) is 4.63. The molecule has 0 aromatic heterocycles. The van der Waals surface area contributed by atoms with E-state index in [9.17, 15) is 13.2 Å².